The summed E-state index contributed by atoms with van der Waals surface area (Å²) in [5.41, 5.74) is 0. The quantitative estimate of drug-likeness (QED) is 0.849. The first-order valence-corrected chi connectivity index (χ1v) is 8.09. The van der Waals surface area contributed by atoms with E-state index in [2.05, 4.69) is 33.6 Å². The van der Waals surface area contributed by atoms with Crippen LogP contribution in [-0.2, 0) is 4.74 Å². The molecule has 21 heavy (non-hydrogen) atoms. The number of ether oxygens (including phenoxy) is 1. The van der Waals surface area contributed by atoms with E-state index in [1.165, 1.54) is 19.4 Å². The van der Waals surface area contributed by atoms with Gasteiger partial charge in [0.05, 0.1) is 18.4 Å². The van der Waals surface area contributed by atoms with Gasteiger partial charge in [-0.15, -0.1) is 0 Å². The zero-order valence-electron chi connectivity index (χ0n) is 13.1. The molecule has 0 aliphatic carbocycles. The van der Waals surface area contributed by atoms with Crippen molar-refractivity contribution in [1.82, 2.24) is 14.9 Å². The van der Waals surface area contributed by atoms with Crippen molar-refractivity contribution in [3.8, 4) is 0 Å². The summed E-state index contributed by atoms with van der Waals surface area (Å²) < 4.78 is 5.82. The molecule has 1 aromatic heterocycles. The maximum atomic E-state index is 5.82. The van der Waals surface area contributed by atoms with E-state index in [0.717, 1.165) is 37.9 Å². The average molecular weight is 290 g/mol. The monoisotopic (exact) mass is 290 g/mol. The first kappa shape index (κ1) is 14.7. The van der Waals surface area contributed by atoms with Crippen molar-refractivity contribution in [2.75, 3.05) is 37.6 Å². The summed E-state index contributed by atoms with van der Waals surface area (Å²) in [7, 11) is 0. The van der Waals surface area contributed by atoms with Crippen LogP contribution in [0.2, 0.25) is 0 Å². The molecule has 2 aliphatic rings. The average Bonchev–Trinajstić information content (AvgIpc) is 2.48. The molecular weight excluding hydrogens is 264 g/mol. The lowest BCUT2D eigenvalue weighted by molar-refractivity contribution is -0.0720. The van der Waals surface area contributed by atoms with Crippen LogP contribution in [0.4, 0.5) is 5.82 Å². The SMILES string of the molecule is CC1CN(CC2CCN(c3cnccn3)CC2)CC(C)O1. The van der Waals surface area contributed by atoms with Crippen LogP contribution in [0, 0.1) is 5.92 Å². The summed E-state index contributed by atoms with van der Waals surface area (Å²) in [5, 5.41) is 0. The van der Waals surface area contributed by atoms with Crippen LogP contribution in [-0.4, -0.2) is 59.8 Å². The number of hydrogen-bond acceptors (Lipinski definition) is 5. The molecule has 3 rings (SSSR count). The summed E-state index contributed by atoms with van der Waals surface area (Å²) in [6.07, 6.45) is 8.61. The summed E-state index contributed by atoms with van der Waals surface area (Å²) in [6, 6.07) is 0. The first-order valence-electron chi connectivity index (χ1n) is 8.09. The van der Waals surface area contributed by atoms with Crippen LogP contribution in [0.15, 0.2) is 18.6 Å². The minimum atomic E-state index is 0.369. The minimum absolute atomic E-state index is 0.369. The van der Waals surface area contributed by atoms with Gasteiger partial charge in [0.2, 0.25) is 0 Å². The fourth-order valence-electron chi connectivity index (χ4n) is 3.60. The standard InChI is InChI=1S/C16H26N4O/c1-13-10-19(11-14(2)21-13)12-15-3-7-20(8-4-15)16-9-17-5-6-18-16/h5-6,9,13-15H,3-4,7-8,10-12H2,1-2H3. The lowest BCUT2D eigenvalue weighted by Crippen LogP contribution is -2.48. The van der Waals surface area contributed by atoms with Gasteiger partial charge in [-0.05, 0) is 32.6 Å². The van der Waals surface area contributed by atoms with Gasteiger partial charge in [-0.1, -0.05) is 0 Å². The highest BCUT2D eigenvalue weighted by Crippen LogP contribution is 2.23. The summed E-state index contributed by atoms with van der Waals surface area (Å²) in [5.74, 6) is 1.82. The summed E-state index contributed by atoms with van der Waals surface area (Å²) in [4.78, 5) is 13.5. The largest absolute Gasteiger partial charge is 0.373 e. The molecule has 0 spiro atoms. The number of morpholine rings is 1. The van der Waals surface area contributed by atoms with Crippen LogP contribution in [0.3, 0.4) is 0 Å². The van der Waals surface area contributed by atoms with Crippen molar-refractivity contribution in [2.45, 2.75) is 38.9 Å². The zero-order chi connectivity index (χ0) is 14.7. The molecule has 5 heteroatoms. The zero-order valence-corrected chi connectivity index (χ0v) is 13.1. The van der Waals surface area contributed by atoms with Gasteiger partial charge in [-0.3, -0.25) is 9.88 Å². The fourth-order valence-corrected chi connectivity index (χ4v) is 3.60. The molecule has 0 aromatic carbocycles. The highest BCUT2D eigenvalue weighted by atomic mass is 16.5. The normalized spacial score (nSPS) is 28.8. The van der Waals surface area contributed by atoms with Crippen LogP contribution in [0.1, 0.15) is 26.7 Å². The fraction of sp³-hybridized carbons (Fsp3) is 0.750. The van der Waals surface area contributed by atoms with Crippen LogP contribution in [0.25, 0.3) is 0 Å². The van der Waals surface area contributed by atoms with E-state index in [9.17, 15) is 0 Å². The van der Waals surface area contributed by atoms with Gasteiger partial charge < -0.3 is 9.64 Å². The van der Waals surface area contributed by atoms with Gasteiger partial charge in [-0.2, -0.15) is 0 Å². The molecule has 5 nitrogen and oxygen atoms in total. The number of aromatic nitrogens is 2. The molecule has 0 saturated carbocycles. The molecule has 116 valence electrons. The molecule has 3 heterocycles. The van der Waals surface area contributed by atoms with E-state index < -0.39 is 0 Å². The number of hydrogen-bond donors (Lipinski definition) is 0. The molecular formula is C16H26N4O. The molecule has 0 amide bonds. The Morgan fingerprint density at radius 3 is 2.48 bits per heavy atom. The lowest BCUT2D eigenvalue weighted by Gasteiger charge is -2.39. The predicted molar refractivity (Wildman–Crippen MR) is 83.4 cm³/mol. The maximum absolute atomic E-state index is 5.82. The molecule has 2 aliphatic heterocycles. The van der Waals surface area contributed by atoms with Gasteiger partial charge in [0.1, 0.15) is 5.82 Å². The molecule has 1 aromatic rings. The van der Waals surface area contributed by atoms with Crippen molar-refractivity contribution in [2.24, 2.45) is 5.92 Å². The van der Waals surface area contributed by atoms with Crippen LogP contribution < -0.4 is 4.90 Å². The van der Waals surface area contributed by atoms with E-state index in [1.807, 2.05) is 6.20 Å². The van der Waals surface area contributed by atoms with Crippen molar-refractivity contribution in [1.29, 1.82) is 0 Å². The van der Waals surface area contributed by atoms with Crippen molar-refractivity contribution >= 4 is 5.82 Å². The van der Waals surface area contributed by atoms with Crippen LogP contribution >= 0.6 is 0 Å². The minimum Gasteiger partial charge on any atom is -0.373 e. The Hall–Kier alpha value is -1.20. The van der Waals surface area contributed by atoms with E-state index >= 15 is 0 Å². The predicted octanol–water partition coefficient (Wildman–Crippen LogP) is 1.80. The highest BCUT2D eigenvalue weighted by Gasteiger charge is 2.26. The van der Waals surface area contributed by atoms with Crippen molar-refractivity contribution < 1.29 is 4.74 Å². The molecule has 0 radical (unpaired) electrons. The Balaban J connectivity index is 1.48. The Labute approximate surface area is 127 Å². The van der Waals surface area contributed by atoms with Gasteiger partial charge in [-0.25, -0.2) is 4.98 Å². The Morgan fingerprint density at radius 1 is 1.14 bits per heavy atom. The number of rotatable bonds is 3. The van der Waals surface area contributed by atoms with Crippen molar-refractivity contribution in [3.05, 3.63) is 18.6 Å². The van der Waals surface area contributed by atoms with Crippen molar-refractivity contribution in [3.63, 3.8) is 0 Å². The van der Waals surface area contributed by atoms with Crippen LogP contribution in [0.5, 0.6) is 0 Å². The smallest absolute Gasteiger partial charge is 0.147 e. The van der Waals surface area contributed by atoms with Gasteiger partial charge >= 0.3 is 0 Å². The van der Waals surface area contributed by atoms with E-state index in [-0.39, 0.29) is 0 Å². The number of piperidine rings is 1. The van der Waals surface area contributed by atoms with Gasteiger partial charge in [0.25, 0.3) is 0 Å². The Bertz CT molecular complexity index is 423. The second-order valence-corrected chi connectivity index (χ2v) is 6.47. The third-order valence-corrected chi connectivity index (χ3v) is 4.50. The third kappa shape index (κ3) is 3.92. The van der Waals surface area contributed by atoms with Gasteiger partial charge in [0.15, 0.2) is 0 Å². The molecule has 2 atom stereocenters. The Morgan fingerprint density at radius 2 is 1.86 bits per heavy atom. The van der Waals surface area contributed by atoms with E-state index in [0.29, 0.717) is 12.2 Å². The highest BCUT2D eigenvalue weighted by molar-refractivity contribution is 5.35. The second kappa shape index (κ2) is 6.71. The van der Waals surface area contributed by atoms with E-state index in [1.54, 1.807) is 12.4 Å². The second-order valence-electron chi connectivity index (χ2n) is 6.47. The van der Waals surface area contributed by atoms with Gasteiger partial charge in [0, 0.05) is 45.1 Å². The number of anilines is 1. The maximum Gasteiger partial charge on any atom is 0.147 e. The molecule has 2 fully saturated rings. The topological polar surface area (TPSA) is 41.5 Å². The third-order valence-electron chi connectivity index (χ3n) is 4.50. The molecule has 2 unspecified atom stereocenters. The number of nitrogens with zero attached hydrogens (tertiary/aromatic N) is 4. The summed E-state index contributed by atoms with van der Waals surface area (Å²) >= 11 is 0. The van der Waals surface area contributed by atoms with E-state index in [4.69, 9.17) is 4.74 Å². The first-order chi connectivity index (χ1) is 10.2. The Kier molecular flexibility index (Phi) is 4.70. The molecule has 0 N–H and O–H groups in total. The lowest BCUT2D eigenvalue weighted by atomic mass is 9.95. The summed E-state index contributed by atoms with van der Waals surface area (Å²) in [6.45, 7) is 9.92. The molecule has 0 bridgehead atoms. The molecule has 2 saturated heterocycles.